The molecular formula is C7H7ClN6. The Morgan fingerprint density at radius 1 is 1.57 bits per heavy atom. The fraction of sp³-hybridized carbons (Fsp3) is 0.143. The number of rotatable bonds is 3. The molecule has 0 aliphatic carbocycles. The third-order valence-electron chi connectivity index (χ3n) is 1.57. The second-order valence-corrected chi connectivity index (χ2v) is 3.15. The molecule has 14 heavy (non-hydrogen) atoms. The quantitative estimate of drug-likeness (QED) is 0.807. The lowest BCUT2D eigenvalue weighted by Gasteiger charge is -2.04. The molecule has 0 aromatic carbocycles. The Morgan fingerprint density at radius 2 is 2.43 bits per heavy atom. The minimum atomic E-state index is 0.447. The van der Waals surface area contributed by atoms with Crippen LogP contribution in [0.1, 0.15) is 0 Å². The number of fused-ring (bicyclic) bond motifs is 1. The molecule has 0 aliphatic heterocycles. The zero-order chi connectivity index (χ0) is 9.97. The smallest absolute Gasteiger partial charge is 0.199 e. The monoisotopic (exact) mass is 210 g/mol. The van der Waals surface area contributed by atoms with Crippen molar-refractivity contribution in [3.05, 3.63) is 24.0 Å². The fourth-order valence-electron chi connectivity index (χ4n) is 0.982. The van der Waals surface area contributed by atoms with Crippen LogP contribution < -0.4 is 5.32 Å². The van der Waals surface area contributed by atoms with Crippen LogP contribution in [0.5, 0.6) is 0 Å². The molecule has 0 radical (unpaired) electrons. The van der Waals surface area contributed by atoms with Crippen LogP contribution in [-0.2, 0) is 0 Å². The maximum Gasteiger partial charge on any atom is 0.199 e. The molecule has 0 saturated heterocycles. The number of tetrazole rings is 1. The number of hydrogen-bond acceptors (Lipinski definition) is 5. The van der Waals surface area contributed by atoms with E-state index in [0.29, 0.717) is 23.0 Å². The lowest BCUT2D eigenvalue weighted by atomic mass is 10.5. The van der Waals surface area contributed by atoms with Gasteiger partial charge in [-0.1, -0.05) is 18.2 Å². The topological polar surface area (TPSA) is 68.0 Å². The summed E-state index contributed by atoms with van der Waals surface area (Å²) < 4.78 is 1.53. The highest BCUT2D eigenvalue weighted by Gasteiger charge is 2.02. The summed E-state index contributed by atoms with van der Waals surface area (Å²) in [7, 11) is 0. The van der Waals surface area contributed by atoms with E-state index in [9.17, 15) is 0 Å². The van der Waals surface area contributed by atoms with E-state index in [0.717, 1.165) is 0 Å². The third-order valence-corrected chi connectivity index (χ3v) is 1.70. The standard InChI is InChI=1S/C7H7ClN6/c1-5(8)2-10-6-3-9-4-7-11-12-13-14(6)7/h3-4,10H,1-2H2. The van der Waals surface area contributed by atoms with Gasteiger partial charge in [0.1, 0.15) is 0 Å². The largest absolute Gasteiger partial charge is 0.364 e. The maximum atomic E-state index is 5.61. The minimum Gasteiger partial charge on any atom is -0.364 e. The number of hydrogen-bond donors (Lipinski definition) is 1. The molecule has 0 saturated carbocycles. The molecule has 2 aromatic heterocycles. The van der Waals surface area contributed by atoms with Gasteiger partial charge in [-0.15, -0.1) is 5.10 Å². The van der Waals surface area contributed by atoms with Crippen molar-refractivity contribution in [1.29, 1.82) is 0 Å². The number of nitrogens with one attached hydrogen (secondary N) is 1. The van der Waals surface area contributed by atoms with Gasteiger partial charge in [0.25, 0.3) is 0 Å². The number of nitrogens with zero attached hydrogens (tertiary/aromatic N) is 5. The molecule has 1 N–H and O–H groups in total. The van der Waals surface area contributed by atoms with Crippen LogP contribution in [0.3, 0.4) is 0 Å². The van der Waals surface area contributed by atoms with Gasteiger partial charge < -0.3 is 5.32 Å². The molecule has 2 heterocycles. The van der Waals surface area contributed by atoms with E-state index in [1.165, 1.54) is 4.52 Å². The van der Waals surface area contributed by atoms with Crippen LogP contribution >= 0.6 is 11.6 Å². The average molecular weight is 211 g/mol. The zero-order valence-corrected chi connectivity index (χ0v) is 7.94. The van der Waals surface area contributed by atoms with E-state index in [1.54, 1.807) is 12.4 Å². The Kier molecular flexibility index (Phi) is 2.28. The second-order valence-electron chi connectivity index (χ2n) is 2.61. The lowest BCUT2D eigenvalue weighted by Crippen LogP contribution is -2.06. The van der Waals surface area contributed by atoms with E-state index in [2.05, 4.69) is 32.4 Å². The van der Waals surface area contributed by atoms with Gasteiger partial charge in [-0.3, -0.25) is 4.98 Å². The van der Waals surface area contributed by atoms with Crippen molar-refractivity contribution in [3.63, 3.8) is 0 Å². The van der Waals surface area contributed by atoms with Crippen LogP contribution in [0, 0.1) is 0 Å². The molecule has 0 amide bonds. The van der Waals surface area contributed by atoms with Crippen molar-refractivity contribution in [3.8, 4) is 0 Å². The molecule has 0 spiro atoms. The van der Waals surface area contributed by atoms with Crippen LogP contribution in [-0.4, -0.2) is 31.6 Å². The second kappa shape index (κ2) is 3.59. The van der Waals surface area contributed by atoms with Crippen molar-refractivity contribution in [2.45, 2.75) is 0 Å². The molecule has 0 aliphatic rings. The third kappa shape index (κ3) is 1.64. The van der Waals surface area contributed by atoms with Gasteiger partial charge in [0.2, 0.25) is 0 Å². The normalized spacial score (nSPS) is 10.4. The lowest BCUT2D eigenvalue weighted by molar-refractivity contribution is 0.822. The van der Waals surface area contributed by atoms with Gasteiger partial charge in [0.05, 0.1) is 18.9 Å². The molecular weight excluding hydrogens is 204 g/mol. The summed E-state index contributed by atoms with van der Waals surface area (Å²) in [6, 6.07) is 0. The van der Waals surface area contributed by atoms with Gasteiger partial charge in [-0.25, -0.2) is 0 Å². The fourth-order valence-corrected chi connectivity index (χ4v) is 1.05. The Morgan fingerprint density at radius 3 is 3.21 bits per heavy atom. The highest BCUT2D eigenvalue weighted by Crippen LogP contribution is 2.07. The van der Waals surface area contributed by atoms with Crippen LogP contribution in [0.15, 0.2) is 24.0 Å². The molecule has 2 aromatic rings. The number of halogens is 1. The minimum absolute atomic E-state index is 0.447. The summed E-state index contributed by atoms with van der Waals surface area (Å²) in [5, 5.41) is 14.6. The molecule has 72 valence electrons. The maximum absolute atomic E-state index is 5.61. The molecule has 0 atom stereocenters. The Bertz CT molecular complexity index is 464. The van der Waals surface area contributed by atoms with Gasteiger partial charge in [0.15, 0.2) is 11.5 Å². The summed E-state index contributed by atoms with van der Waals surface area (Å²) in [5.74, 6) is 0.675. The van der Waals surface area contributed by atoms with E-state index in [-0.39, 0.29) is 0 Å². The predicted molar refractivity (Wildman–Crippen MR) is 52.1 cm³/mol. The summed E-state index contributed by atoms with van der Waals surface area (Å²) in [5.41, 5.74) is 0.579. The molecule has 2 rings (SSSR count). The number of aromatic nitrogens is 5. The SMILES string of the molecule is C=C(Cl)CNc1cncc2nnnn12. The molecule has 0 unspecified atom stereocenters. The van der Waals surface area contributed by atoms with Gasteiger partial charge in [-0.05, 0) is 10.4 Å². The van der Waals surface area contributed by atoms with Gasteiger partial charge >= 0.3 is 0 Å². The van der Waals surface area contributed by atoms with Crippen LogP contribution in [0.2, 0.25) is 0 Å². The van der Waals surface area contributed by atoms with Crippen molar-refractivity contribution < 1.29 is 0 Å². The highest BCUT2D eigenvalue weighted by molar-refractivity contribution is 6.29. The van der Waals surface area contributed by atoms with Crippen molar-refractivity contribution in [1.82, 2.24) is 25.0 Å². The Labute approximate surface area is 84.6 Å². The van der Waals surface area contributed by atoms with Gasteiger partial charge in [0, 0.05) is 5.03 Å². The van der Waals surface area contributed by atoms with Crippen molar-refractivity contribution in [2.75, 3.05) is 11.9 Å². The van der Waals surface area contributed by atoms with Gasteiger partial charge in [-0.2, -0.15) is 4.52 Å². The molecule has 0 fully saturated rings. The zero-order valence-electron chi connectivity index (χ0n) is 7.18. The molecule has 7 heteroatoms. The van der Waals surface area contributed by atoms with E-state index in [4.69, 9.17) is 11.6 Å². The summed E-state index contributed by atoms with van der Waals surface area (Å²) >= 11 is 5.61. The van der Waals surface area contributed by atoms with E-state index < -0.39 is 0 Å². The Balaban J connectivity index is 2.32. The van der Waals surface area contributed by atoms with Crippen LogP contribution in [0.4, 0.5) is 5.82 Å². The summed E-state index contributed by atoms with van der Waals surface area (Å²) in [4.78, 5) is 3.96. The van der Waals surface area contributed by atoms with Crippen molar-refractivity contribution >= 4 is 23.1 Å². The molecule has 0 bridgehead atoms. The first-order chi connectivity index (χ1) is 6.77. The first kappa shape index (κ1) is 8.89. The number of anilines is 1. The first-order valence-corrected chi connectivity index (χ1v) is 4.24. The van der Waals surface area contributed by atoms with E-state index in [1.807, 2.05) is 0 Å². The Hall–Kier alpha value is -1.69. The predicted octanol–water partition coefficient (Wildman–Crippen LogP) is 0.684. The molecule has 6 nitrogen and oxygen atoms in total. The summed E-state index contributed by atoms with van der Waals surface area (Å²) in [6.07, 6.45) is 3.18. The average Bonchev–Trinajstić information content (AvgIpc) is 2.62. The highest BCUT2D eigenvalue weighted by atomic mass is 35.5. The van der Waals surface area contributed by atoms with E-state index >= 15 is 0 Å². The summed E-state index contributed by atoms with van der Waals surface area (Å²) in [6.45, 7) is 4.01. The van der Waals surface area contributed by atoms with Crippen molar-refractivity contribution in [2.24, 2.45) is 0 Å². The first-order valence-electron chi connectivity index (χ1n) is 3.86. The van der Waals surface area contributed by atoms with Crippen LogP contribution in [0.25, 0.3) is 5.65 Å².